The van der Waals surface area contributed by atoms with Crippen molar-refractivity contribution in [3.63, 3.8) is 0 Å². The summed E-state index contributed by atoms with van der Waals surface area (Å²) in [5.41, 5.74) is 0.983. The molecule has 0 amide bonds. The van der Waals surface area contributed by atoms with Crippen LogP contribution in [-0.2, 0) is 4.74 Å². The predicted octanol–water partition coefficient (Wildman–Crippen LogP) is 1.74. The Balaban J connectivity index is 1.30. The molecule has 4 rings (SSSR count). The molecule has 2 aromatic rings. The fraction of sp³-hybridized carbons (Fsp3) is 0.611. The predicted molar refractivity (Wildman–Crippen MR) is 96.0 cm³/mol. The monoisotopic (exact) mass is 342 g/mol. The number of piperidine rings is 1. The van der Waals surface area contributed by atoms with E-state index in [1.54, 1.807) is 4.68 Å². The lowest BCUT2D eigenvalue weighted by Gasteiger charge is -2.26. The molecule has 2 saturated heterocycles. The maximum atomic E-state index is 6.12. The second-order valence-corrected chi connectivity index (χ2v) is 6.86. The normalized spacial score (nSPS) is 21.8. The molecule has 0 N–H and O–H groups in total. The number of rotatable bonds is 6. The molecular weight excluding hydrogens is 316 g/mol. The number of likely N-dealkylation sites (tertiary alicyclic amines) is 1. The summed E-state index contributed by atoms with van der Waals surface area (Å²) < 4.78 is 7.92. The van der Waals surface area contributed by atoms with Crippen molar-refractivity contribution in [2.24, 2.45) is 0 Å². The molecule has 0 saturated carbocycles. The van der Waals surface area contributed by atoms with Crippen LogP contribution in [0.4, 0.5) is 5.95 Å². The van der Waals surface area contributed by atoms with Crippen molar-refractivity contribution in [3.05, 3.63) is 30.3 Å². The van der Waals surface area contributed by atoms with Gasteiger partial charge >= 0.3 is 0 Å². The molecule has 7 nitrogen and oxygen atoms in total. The van der Waals surface area contributed by atoms with Crippen LogP contribution in [0.15, 0.2) is 30.3 Å². The van der Waals surface area contributed by atoms with Gasteiger partial charge in [0.15, 0.2) is 0 Å². The number of nitrogens with zero attached hydrogens (tertiary/aromatic N) is 6. The van der Waals surface area contributed by atoms with Crippen LogP contribution in [0.3, 0.4) is 0 Å². The number of anilines is 1. The van der Waals surface area contributed by atoms with Gasteiger partial charge in [0.25, 0.3) is 0 Å². The van der Waals surface area contributed by atoms with E-state index >= 15 is 0 Å². The van der Waals surface area contributed by atoms with Crippen LogP contribution in [0.1, 0.15) is 25.7 Å². The van der Waals surface area contributed by atoms with Gasteiger partial charge in [0.1, 0.15) is 0 Å². The molecule has 0 radical (unpaired) electrons. The van der Waals surface area contributed by atoms with Crippen molar-refractivity contribution in [2.75, 3.05) is 44.2 Å². The Morgan fingerprint density at radius 1 is 1.04 bits per heavy atom. The first-order valence-electron chi connectivity index (χ1n) is 9.33. The van der Waals surface area contributed by atoms with Crippen LogP contribution in [0.25, 0.3) is 5.69 Å². The number of tetrazole rings is 1. The van der Waals surface area contributed by atoms with Crippen molar-refractivity contribution in [1.82, 2.24) is 25.1 Å². The number of benzene rings is 1. The number of aromatic nitrogens is 4. The number of hydrogen-bond acceptors (Lipinski definition) is 6. The summed E-state index contributed by atoms with van der Waals surface area (Å²) in [6, 6.07) is 10.0. The van der Waals surface area contributed by atoms with E-state index in [1.165, 1.54) is 32.4 Å². The summed E-state index contributed by atoms with van der Waals surface area (Å²) in [5, 5.41) is 12.2. The fourth-order valence-electron chi connectivity index (χ4n) is 3.69. The second-order valence-electron chi connectivity index (χ2n) is 6.86. The van der Waals surface area contributed by atoms with Crippen LogP contribution in [0.2, 0.25) is 0 Å². The van der Waals surface area contributed by atoms with Gasteiger partial charge < -0.3 is 14.5 Å². The molecule has 7 heteroatoms. The Morgan fingerprint density at radius 2 is 1.88 bits per heavy atom. The Labute approximate surface area is 148 Å². The van der Waals surface area contributed by atoms with E-state index in [1.807, 2.05) is 30.3 Å². The van der Waals surface area contributed by atoms with Gasteiger partial charge in [0.2, 0.25) is 5.95 Å². The van der Waals surface area contributed by atoms with Gasteiger partial charge in [-0.2, -0.15) is 4.68 Å². The lowest BCUT2D eigenvalue weighted by atomic mass is 10.1. The van der Waals surface area contributed by atoms with Gasteiger partial charge in [-0.3, -0.25) is 0 Å². The molecule has 2 fully saturated rings. The molecular formula is C18H26N6O. The summed E-state index contributed by atoms with van der Waals surface area (Å²) in [5.74, 6) is 0.799. The van der Waals surface area contributed by atoms with Crippen molar-refractivity contribution in [1.29, 1.82) is 0 Å². The molecule has 0 unspecified atom stereocenters. The highest BCUT2D eigenvalue weighted by molar-refractivity contribution is 5.41. The summed E-state index contributed by atoms with van der Waals surface area (Å²) in [7, 11) is 0. The zero-order valence-corrected chi connectivity index (χ0v) is 14.6. The Kier molecular flexibility index (Phi) is 5.22. The summed E-state index contributed by atoms with van der Waals surface area (Å²) in [6.45, 7) is 6.12. The Bertz CT molecular complexity index is 655. The molecule has 1 aromatic heterocycles. The quantitative estimate of drug-likeness (QED) is 0.797. The first kappa shape index (κ1) is 16.5. The summed E-state index contributed by atoms with van der Waals surface area (Å²) in [4.78, 5) is 4.74. The maximum Gasteiger partial charge on any atom is 0.250 e. The van der Waals surface area contributed by atoms with E-state index in [0.717, 1.165) is 44.3 Å². The molecule has 0 spiro atoms. The van der Waals surface area contributed by atoms with Crippen molar-refractivity contribution in [3.8, 4) is 5.69 Å². The van der Waals surface area contributed by atoms with Crippen molar-refractivity contribution < 1.29 is 4.74 Å². The molecule has 134 valence electrons. The first-order valence-corrected chi connectivity index (χ1v) is 9.33. The molecule has 25 heavy (non-hydrogen) atoms. The number of ether oxygens (including phenoxy) is 1. The molecule has 1 atom stereocenters. The largest absolute Gasteiger partial charge is 0.375 e. The van der Waals surface area contributed by atoms with Crippen LogP contribution in [0, 0.1) is 0 Å². The third-order valence-corrected chi connectivity index (χ3v) is 5.09. The fourth-order valence-corrected chi connectivity index (χ4v) is 3.69. The number of para-hydroxylation sites is 1. The van der Waals surface area contributed by atoms with E-state index in [2.05, 4.69) is 25.3 Å². The van der Waals surface area contributed by atoms with Crippen LogP contribution in [0.5, 0.6) is 0 Å². The molecule has 1 aromatic carbocycles. The Morgan fingerprint density at radius 3 is 2.72 bits per heavy atom. The molecule has 2 aliphatic heterocycles. The van der Waals surface area contributed by atoms with Gasteiger partial charge in [0.05, 0.1) is 18.4 Å². The smallest absolute Gasteiger partial charge is 0.250 e. The maximum absolute atomic E-state index is 6.12. The van der Waals surface area contributed by atoms with Gasteiger partial charge in [0, 0.05) is 19.6 Å². The van der Waals surface area contributed by atoms with Gasteiger partial charge in [-0.15, -0.1) is 0 Å². The van der Waals surface area contributed by atoms with E-state index in [9.17, 15) is 0 Å². The molecule has 0 bridgehead atoms. The van der Waals surface area contributed by atoms with Crippen LogP contribution in [-0.4, -0.2) is 70.5 Å². The van der Waals surface area contributed by atoms with Gasteiger partial charge in [-0.25, -0.2) is 0 Å². The lowest BCUT2D eigenvalue weighted by Crippen LogP contribution is -2.34. The lowest BCUT2D eigenvalue weighted by molar-refractivity contribution is 0.0466. The number of hydrogen-bond donors (Lipinski definition) is 0. The SMILES string of the molecule is c1ccc(-n2nnnc2N2CC[C@H](OCCN3CCCCC3)C2)cc1. The zero-order chi connectivity index (χ0) is 16.9. The molecule has 0 aliphatic carbocycles. The standard InChI is InChI=1S/C18H26N6O/c1-3-7-16(8-4-1)24-18(19-20-21-24)23-12-9-17(15-23)25-14-13-22-10-5-2-6-11-22/h1,3-4,7-8,17H,2,5-6,9-15H2/t17-/m0/s1. The van der Waals surface area contributed by atoms with Crippen LogP contribution >= 0.6 is 0 Å². The van der Waals surface area contributed by atoms with E-state index in [-0.39, 0.29) is 6.10 Å². The summed E-state index contributed by atoms with van der Waals surface area (Å²) >= 11 is 0. The average molecular weight is 342 g/mol. The minimum Gasteiger partial charge on any atom is -0.375 e. The highest BCUT2D eigenvalue weighted by Crippen LogP contribution is 2.21. The average Bonchev–Trinajstić information content (AvgIpc) is 3.32. The summed E-state index contributed by atoms with van der Waals surface area (Å²) in [6.07, 6.45) is 5.34. The van der Waals surface area contributed by atoms with Gasteiger partial charge in [-0.1, -0.05) is 29.7 Å². The van der Waals surface area contributed by atoms with Gasteiger partial charge in [-0.05, 0) is 54.9 Å². The van der Waals surface area contributed by atoms with E-state index in [4.69, 9.17) is 4.74 Å². The minimum atomic E-state index is 0.269. The zero-order valence-electron chi connectivity index (χ0n) is 14.6. The molecule has 2 aliphatic rings. The van der Waals surface area contributed by atoms with E-state index < -0.39 is 0 Å². The first-order chi connectivity index (χ1) is 12.4. The van der Waals surface area contributed by atoms with Crippen LogP contribution < -0.4 is 4.90 Å². The van der Waals surface area contributed by atoms with Crippen molar-refractivity contribution >= 4 is 5.95 Å². The Hall–Kier alpha value is -1.99. The highest BCUT2D eigenvalue weighted by atomic mass is 16.5. The topological polar surface area (TPSA) is 59.3 Å². The highest BCUT2D eigenvalue weighted by Gasteiger charge is 2.27. The third kappa shape index (κ3) is 3.99. The second kappa shape index (κ2) is 7.93. The molecule has 3 heterocycles. The minimum absolute atomic E-state index is 0.269. The van der Waals surface area contributed by atoms with Crippen molar-refractivity contribution in [2.45, 2.75) is 31.8 Å². The van der Waals surface area contributed by atoms with E-state index in [0.29, 0.717) is 0 Å². The third-order valence-electron chi connectivity index (χ3n) is 5.09.